The third-order valence-electron chi connectivity index (χ3n) is 2.54. The van der Waals surface area contributed by atoms with Gasteiger partial charge in [-0.3, -0.25) is 4.79 Å². The fraction of sp³-hybridized carbons (Fsp3) is 0.643. The molecule has 3 amide bonds. The zero-order valence-corrected chi connectivity index (χ0v) is 14.5. The maximum absolute atomic E-state index is 12.2. The summed E-state index contributed by atoms with van der Waals surface area (Å²) in [5, 5.41) is 6.07. The molecule has 0 radical (unpaired) electrons. The van der Waals surface area contributed by atoms with Crippen LogP contribution < -0.4 is 10.6 Å². The highest BCUT2D eigenvalue weighted by atomic mass is 32.1. The number of thiazole rings is 1. The van der Waals surface area contributed by atoms with Crippen molar-refractivity contribution in [2.45, 2.75) is 33.2 Å². The largest absolute Gasteiger partial charge is 0.383 e. The Labute approximate surface area is 135 Å². The quantitative estimate of drug-likeness (QED) is 0.835. The van der Waals surface area contributed by atoms with Crippen molar-refractivity contribution in [1.29, 1.82) is 0 Å². The van der Waals surface area contributed by atoms with Gasteiger partial charge in [0.15, 0.2) is 5.13 Å². The molecule has 2 N–H and O–H groups in total. The van der Waals surface area contributed by atoms with Crippen molar-refractivity contribution in [2.24, 2.45) is 0 Å². The summed E-state index contributed by atoms with van der Waals surface area (Å²) in [5.41, 5.74) is -0.370. The SMILES string of the molecule is COCCN(CC(=O)Nc1ncc(C)s1)C(=O)NC(C)(C)C. The molecular formula is C14H24N4O3S. The fourth-order valence-electron chi connectivity index (χ4n) is 1.60. The molecule has 0 spiro atoms. The zero-order chi connectivity index (χ0) is 16.8. The van der Waals surface area contributed by atoms with Crippen LogP contribution in [0.5, 0.6) is 0 Å². The second-order valence-electron chi connectivity index (χ2n) is 5.92. The van der Waals surface area contributed by atoms with Crippen molar-refractivity contribution < 1.29 is 14.3 Å². The maximum atomic E-state index is 12.2. The summed E-state index contributed by atoms with van der Waals surface area (Å²) >= 11 is 1.39. The summed E-state index contributed by atoms with van der Waals surface area (Å²) in [7, 11) is 1.55. The van der Waals surface area contributed by atoms with Crippen LogP contribution in [0.2, 0.25) is 0 Å². The van der Waals surface area contributed by atoms with Crippen LogP contribution in [-0.4, -0.2) is 54.2 Å². The summed E-state index contributed by atoms with van der Waals surface area (Å²) in [6.07, 6.45) is 1.69. The van der Waals surface area contributed by atoms with Gasteiger partial charge in [-0.05, 0) is 27.7 Å². The smallest absolute Gasteiger partial charge is 0.318 e. The van der Waals surface area contributed by atoms with Crippen molar-refractivity contribution >= 4 is 28.4 Å². The zero-order valence-electron chi connectivity index (χ0n) is 13.7. The third kappa shape index (κ3) is 6.86. The highest BCUT2D eigenvalue weighted by molar-refractivity contribution is 7.15. The van der Waals surface area contributed by atoms with E-state index in [1.165, 1.54) is 16.2 Å². The van der Waals surface area contributed by atoms with Crippen molar-refractivity contribution in [1.82, 2.24) is 15.2 Å². The molecule has 0 fully saturated rings. The van der Waals surface area contributed by atoms with Gasteiger partial charge in [-0.25, -0.2) is 9.78 Å². The number of carbonyl (C=O) groups excluding carboxylic acids is 2. The highest BCUT2D eigenvalue weighted by Gasteiger charge is 2.21. The Morgan fingerprint density at radius 2 is 2.09 bits per heavy atom. The molecule has 0 bridgehead atoms. The van der Waals surface area contributed by atoms with Gasteiger partial charge < -0.3 is 20.3 Å². The monoisotopic (exact) mass is 328 g/mol. The van der Waals surface area contributed by atoms with Crippen molar-refractivity contribution in [3.63, 3.8) is 0 Å². The fourth-order valence-corrected chi connectivity index (χ4v) is 2.28. The molecule has 1 aromatic rings. The Morgan fingerprint density at radius 3 is 2.59 bits per heavy atom. The van der Waals surface area contributed by atoms with Gasteiger partial charge in [0.25, 0.3) is 0 Å². The lowest BCUT2D eigenvalue weighted by Crippen LogP contribution is -2.51. The Balaban J connectivity index is 2.63. The van der Waals surface area contributed by atoms with Crippen LogP contribution in [0, 0.1) is 6.92 Å². The number of anilines is 1. The average molecular weight is 328 g/mol. The number of nitrogens with zero attached hydrogens (tertiary/aromatic N) is 2. The standard InChI is InChI=1S/C14H24N4O3S/c1-10-8-15-12(22-10)16-11(19)9-18(6-7-21-5)13(20)17-14(2,3)4/h8H,6-7,9H2,1-5H3,(H,17,20)(H,15,16,19). The molecule has 0 unspecified atom stereocenters. The molecular weight excluding hydrogens is 304 g/mol. The topological polar surface area (TPSA) is 83.6 Å². The molecule has 1 aromatic heterocycles. The van der Waals surface area contributed by atoms with Gasteiger partial charge in [0.05, 0.1) is 6.61 Å². The number of rotatable bonds is 6. The lowest BCUT2D eigenvalue weighted by Gasteiger charge is -2.27. The third-order valence-corrected chi connectivity index (χ3v) is 3.36. The van der Waals surface area contributed by atoms with Crippen molar-refractivity contribution in [3.05, 3.63) is 11.1 Å². The van der Waals surface area contributed by atoms with E-state index in [4.69, 9.17) is 4.74 Å². The number of urea groups is 1. The molecule has 0 aliphatic carbocycles. The van der Waals surface area contributed by atoms with Gasteiger partial charge in [-0.2, -0.15) is 0 Å². The van der Waals surface area contributed by atoms with Crippen molar-refractivity contribution in [2.75, 3.05) is 32.1 Å². The van der Waals surface area contributed by atoms with E-state index in [1.54, 1.807) is 13.3 Å². The number of hydrogen-bond acceptors (Lipinski definition) is 5. The number of amides is 3. The molecule has 0 saturated heterocycles. The van der Waals surface area contributed by atoms with Gasteiger partial charge in [0.2, 0.25) is 5.91 Å². The van der Waals surface area contributed by atoms with E-state index in [0.29, 0.717) is 18.3 Å². The Kier molecular flexibility index (Phi) is 6.76. The summed E-state index contributed by atoms with van der Waals surface area (Å²) in [4.78, 5) is 30.8. The molecule has 124 valence electrons. The number of methoxy groups -OCH3 is 1. The van der Waals surface area contributed by atoms with Crippen molar-refractivity contribution in [3.8, 4) is 0 Å². The lowest BCUT2D eigenvalue weighted by atomic mass is 10.1. The minimum absolute atomic E-state index is 0.0517. The van der Waals surface area contributed by atoms with E-state index in [1.807, 2.05) is 27.7 Å². The minimum atomic E-state index is -0.370. The van der Waals surface area contributed by atoms with E-state index in [2.05, 4.69) is 15.6 Å². The summed E-state index contributed by atoms with van der Waals surface area (Å²) in [5.74, 6) is -0.283. The molecule has 7 nitrogen and oxygen atoms in total. The van der Waals surface area contributed by atoms with E-state index in [9.17, 15) is 9.59 Å². The average Bonchev–Trinajstić information content (AvgIpc) is 2.77. The van der Waals surface area contributed by atoms with Gasteiger partial charge in [0.1, 0.15) is 6.54 Å². The van der Waals surface area contributed by atoms with Crippen LogP contribution in [0.1, 0.15) is 25.6 Å². The van der Waals surface area contributed by atoms with Crippen LogP contribution in [0.25, 0.3) is 0 Å². The molecule has 22 heavy (non-hydrogen) atoms. The number of hydrogen-bond donors (Lipinski definition) is 2. The molecule has 0 saturated carbocycles. The Morgan fingerprint density at radius 1 is 1.41 bits per heavy atom. The first-order valence-corrected chi connectivity index (χ1v) is 7.81. The number of nitrogens with one attached hydrogen (secondary N) is 2. The van der Waals surface area contributed by atoms with Gasteiger partial charge in [-0.15, -0.1) is 11.3 Å². The van der Waals surface area contributed by atoms with Gasteiger partial charge in [0, 0.05) is 30.3 Å². The predicted molar refractivity (Wildman–Crippen MR) is 87.2 cm³/mol. The summed E-state index contributed by atoms with van der Waals surface area (Å²) < 4.78 is 4.99. The van der Waals surface area contributed by atoms with Crippen LogP contribution in [-0.2, 0) is 9.53 Å². The number of carbonyl (C=O) groups is 2. The molecule has 0 aliphatic heterocycles. The van der Waals surface area contributed by atoms with E-state index >= 15 is 0 Å². The molecule has 0 aromatic carbocycles. The first-order chi connectivity index (χ1) is 10.2. The Bertz CT molecular complexity index is 510. The first-order valence-electron chi connectivity index (χ1n) is 6.99. The van der Waals surface area contributed by atoms with Crippen LogP contribution in [0.3, 0.4) is 0 Å². The van der Waals surface area contributed by atoms with Crippen LogP contribution in [0.4, 0.5) is 9.93 Å². The maximum Gasteiger partial charge on any atom is 0.318 e. The molecule has 8 heteroatoms. The molecule has 0 aliphatic rings. The Hall–Kier alpha value is -1.67. The lowest BCUT2D eigenvalue weighted by molar-refractivity contribution is -0.116. The number of aromatic nitrogens is 1. The predicted octanol–water partition coefficient (Wildman–Crippen LogP) is 1.85. The van der Waals surface area contributed by atoms with Gasteiger partial charge >= 0.3 is 6.03 Å². The minimum Gasteiger partial charge on any atom is -0.383 e. The van der Waals surface area contributed by atoms with E-state index < -0.39 is 0 Å². The second-order valence-corrected chi connectivity index (χ2v) is 7.15. The molecule has 1 rings (SSSR count). The normalized spacial score (nSPS) is 11.1. The molecule has 0 atom stereocenters. The first kappa shape index (κ1) is 18.4. The number of aryl methyl sites for hydroxylation is 1. The molecule has 1 heterocycles. The van der Waals surface area contributed by atoms with Gasteiger partial charge in [-0.1, -0.05) is 0 Å². The van der Waals surface area contributed by atoms with E-state index in [-0.39, 0.29) is 24.0 Å². The number of ether oxygens (including phenoxy) is 1. The highest BCUT2D eigenvalue weighted by Crippen LogP contribution is 2.16. The van der Waals surface area contributed by atoms with Crippen LogP contribution >= 0.6 is 11.3 Å². The summed E-state index contributed by atoms with van der Waals surface area (Å²) in [6, 6.07) is -0.296. The summed E-state index contributed by atoms with van der Waals surface area (Å²) in [6.45, 7) is 8.22. The second kappa shape index (κ2) is 8.09. The van der Waals surface area contributed by atoms with E-state index in [0.717, 1.165) is 4.88 Å². The van der Waals surface area contributed by atoms with Crippen LogP contribution in [0.15, 0.2) is 6.20 Å².